The number of nitrogens with zero attached hydrogens (tertiary/aromatic N) is 3. The lowest BCUT2D eigenvalue weighted by atomic mass is 10.4. The largest absolute Gasteiger partial charge is 0.379 e. The molecule has 2 aromatic rings. The summed E-state index contributed by atoms with van der Waals surface area (Å²) in [6, 6.07) is 0.465. The summed E-state index contributed by atoms with van der Waals surface area (Å²) in [6.07, 6.45) is 4.95. The van der Waals surface area contributed by atoms with Crippen molar-refractivity contribution in [3.63, 3.8) is 0 Å². The summed E-state index contributed by atoms with van der Waals surface area (Å²) in [6.45, 7) is 13.0. The molecule has 2 N–H and O–H groups in total. The number of fused-ring (bicyclic) bond motifs is 1. The van der Waals surface area contributed by atoms with Crippen molar-refractivity contribution < 1.29 is 4.74 Å². The molecule has 3 rings (SSSR count). The fourth-order valence-electron chi connectivity index (χ4n) is 2.62. The van der Waals surface area contributed by atoms with E-state index in [9.17, 15) is 0 Å². The van der Waals surface area contributed by atoms with Gasteiger partial charge in [-0.3, -0.25) is 0 Å². The highest BCUT2D eigenvalue weighted by atomic mass is 32.1. The van der Waals surface area contributed by atoms with Crippen LogP contribution in [0.25, 0.3) is 15.9 Å². The number of aryl methyl sites for hydroxylation is 1. The molecule has 0 aromatic carbocycles. The van der Waals surface area contributed by atoms with Crippen LogP contribution in [0.15, 0.2) is 6.33 Å². The van der Waals surface area contributed by atoms with Crippen LogP contribution < -0.4 is 5.32 Å². The number of anilines is 1. The first-order valence-electron chi connectivity index (χ1n) is 7.97. The van der Waals surface area contributed by atoms with Gasteiger partial charge in [-0.1, -0.05) is 12.2 Å². The van der Waals surface area contributed by atoms with Crippen molar-refractivity contribution in [1.29, 1.82) is 0 Å². The number of H-pyrrole nitrogens is 1. The van der Waals surface area contributed by atoms with Crippen LogP contribution >= 0.6 is 12.2 Å². The number of ether oxygens (including phenoxy) is 1. The summed E-state index contributed by atoms with van der Waals surface area (Å²) < 4.78 is 8.25. The van der Waals surface area contributed by atoms with Gasteiger partial charge in [-0.05, 0) is 33.1 Å². The van der Waals surface area contributed by atoms with Crippen LogP contribution in [0.1, 0.15) is 33.1 Å². The van der Waals surface area contributed by atoms with E-state index in [1.807, 2.05) is 13.8 Å². The molecule has 6 nitrogen and oxygen atoms in total. The van der Waals surface area contributed by atoms with Gasteiger partial charge in [-0.25, -0.2) is 9.83 Å². The van der Waals surface area contributed by atoms with Crippen molar-refractivity contribution in [2.45, 2.75) is 51.8 Å². The molecule has 7 heteroatoms. The van der Waals surface area contributed by atoms with Gasteiger partial charge in [0, 0.05) is 19.2 Å². The number of hydrogen-bond acceptors (Lipinski definition) is 4. The third kappa shape index (κ3) is 3.38. The highest BCUT2D eigenvalue weighted by molar-refractivity contribution is 7.71. The van der Waals surface area contributed by atoms with Crippen molar-refractivity contribution in [3.8, 4) is 0 Å². The maximum Gasteiger partial charge on any atom is 0.251 e. The Morgan fingerprint density at radius 2 is 2.35 bits per heavy atom. The Hall–Kier alpha value is -1.91. The predicted molar refractivity (Wildman–Crippen MR) is 93.5 cm³/mol. The summed E-state index contributed by atoms with van der Waals surface area (Å²) in [4.78, 5) is 11.0. The summed E-state index contributed by atoms with van der Waals surface area (Å²) in [5, 5.41) is 3.48. The van der Waals surface area contributed by atoms with E-state index in [1.54, 1.807) is 6.33 Å². The third-order valence-electron chi connectivity index (χ3n) is 3.84. The molecule has 0 atom stereocenters. The zero-order valence-corrected chi connectivity index (χ0v) is 14.2. The Labute approximate surface area is 140 Å². The van der Waals surface area contributed by atoms with Crippen molar-refractivity contribution in [2.24, 2.45) is 0 Å². The molecule has 23 heavy (non-hydrogen) atoms. The van der Waals surface area contributed by atoms with Gasteiger partial charge in [0.1, 0.15) is 5.82 Å². The van der Waals surface area contributed by atoms with E-state index >= 15 is 0 Å². The zero-order chi connectivity index (χ0) is 16.4. The third-order valence-corrected chi connectivity index (χ3v) is 4.14. The Bertz CT molecular complexity index is 797. The van der Waals surface area contributed by atoms with E-state index < -0.39 is 0 Å². The maximum atomic E-state index is 7.56. The maximum absolute atomic E-state index is 7.56. The Morgan fingerprint density at radius 1 is 1.57 bits per heavy atom. The van der Waals surface area contributed by atoms with Gasteiger partial charge in [0.2, 0.25) is 0 Å². The van der Waals surface area contributed by atoms with E-state index in [4.69, 9.17) is 23.5 Å². The van der Waals surface area contributed by atoms with Crippen molar-refractivity contribution >= 4 is 34.8 Å². The smallest absolute Gasteiger partial charge is 0.251 e. The van der Waals surface area contributed by atoms with Crippen LogP contribution in [0.4, 0.5) is 11.5 Å². The summed E-state index contributed by atoms with van der Waals surface area (Å²) in [5.41, 5.74) is 2.21. The number of rotatable bonds is 7. The molecule has 0 bridgehead atoms. The van der Waals surface area contributed by atoms with Gasteiger partial charge in [0.15, 0.2) is 4.64 Å². The lowest BCUT2D eigenvalue weighted by Crippen LogP contribution is -2.11. The Morgan fingerprint density at radius 3 is 3.00 bits per heavy atom. The normalized spacial score (nSPS) is 14.3. The Kier molecular flexibility index (Phi) is 4.64. The van der Waals surface area contributed by atoms with Crippen molar-refractivity contribution in [3.05, 3.63) is 22.4 Å². The van der Waals surface area contributed by atoms with Gasteiger partial charge < -0.3 is 19.6 Å². The second-order valence-electron chi connectivity index (χ2n) is 6.08. The molecule has 2 heterocycles. The highest BCUT2D eigenvalue weighted by Gasteiger charge is 2.26. The molecule has 1 fully saturated rings. The Balaban J connectivity index is 1.98. The van der Waals surface area contributed by atoms with Crippen LogP contribution in [0, 0.1) is 11.2 Å². The molecular weight excluding hydrogens is 310 g/mol. The quantitative estimate of drug-likeness (QED) is 0.457. The van der Waals surface area contributed by atoms with Gasteiger partial charge >= 0.3 is 0 Å². The van der Waals surface area contributed by atoms with Crippen LogP contribution in [0.3, 0.4) is 0 Å². The van der Waals surface area contributed by atoms with Crippen molar-refractivity contribution in [1.82, 2.24) is 14.5 Å². The lowest BCUT2D eigenvalue weighted by Gasteiger charge is -2.13. The predicted octanol–water partition coefficient (Wildman–Crippen LogP) is 4.03. The molecule has 0 aliphatic heterocycles. The average molecular weight is 331 g/mol. The molecule has 0 saturated heterocycles. The number of nitrogens with one attached hydrogen (secondary N) is 2. The number of aromatic amines is 1. The van der Waals surface area contributed by atoms with Crippen LogP contribution in [-0.2, 0) is 11.3 Å². The first-order chi connectivity index (χ1) is 11.1. The lowest BCUT2D eigenvalue weighted by molar-refractivity contribution is 0.0751. The second kappa shape index (κ2) is 6.69. The summed E-state index contributed by atoms with van der Waals surface area (Å²) in [5.74, 6) is 0.859. The fourth-order valence-corrected chi connectivity index (χ4v) is 2.89. The van der Waals surface area contributed by atoms with E-state index in [-0.39, 0.29) is 6.10 Å². The molecule has 0 spiro atoms. The minimum atomic E-state index is 0.226. The summed E-state index contributed by atoms with van der Waals surface area (Å²) in [7, 11) is 0. The van der Waals surface area contributed by atoms with Crippen LogP contribution in [0.5, 0.6) is 0 Å². The van der Waals surface area contributed by atoms with E-state index in [0.717, 1.165) is 42.7 Å². The van der Waals surface area contributed by atoms with Crippen LogP contribution in [-0.4, -0.2) is 33.3 Å². The molecule has 1 aliphatic rings. The second-order valence-corrected chi connectivity index (χ2v) is 6.47. The van der Waals surface area contributed by atoms with E-state index in [2.05, 4.69) is 24.7 Å². The molecule has 1 saturated carbocycles. The molecule has 2 aromatic heterocycles. The monoisotopic (exact) mass is 331 g/mol. The number of hydrogen-bond donors (Lipinski definition) is 2. The molecule has 0 amide bonds. The van der Waals surface area contributed by atoms with Crippen molar-refractivity contribution in [2.75, 3.05) is 11.9 Å². The average Bonchev–Trinajstić information content (AvgIpc) is 3.27. The fraction of sp³-hybridized carbons (Fsp3) is 0.562. The van der Waals surface area contributed by atoms with E-state index in [1.165, 1.54) is 0 Å². The summed E-state index contributed by atoms with van der Waals surface area (Å²) >= 11 is 5.40. The highest BCUT2D eigenvalue weighted by Crippen LogP contribution is 2.39. The standard InChI is InChI=1S/C16H21N5OS/c1-10(2)22-8-4-7-21-14-12(18-9-19-16(14)23)13(17-3)15(21)20-11-5-6-11/h9-11,20H,4-8H2,1-2H3,(H,18,19,23). The van der Waals surface area contributed by atoms with E-state index in [0.29, 0.717) is 23.0 Å². The minimum absolute atomic E-state index is 0.226. The molecular formula is C16H21N5OS. The van der Waals surface area contributed by atoms with Crippen LogP contribution in [0.2, 0.25) is 0 Å². The van der Waals surface area contributed by atoms with Gasteiger partial charge in [0.05, 0.1) is 30.0 Å². The van der Waals surface area contributed by atoms with Gasteiger partial charge in [-0.2, -0.15) is 0 Å². The molecule has 0 unspecified atom stereocenters. The first kappa shape index (κ1) is 16.0. The molecule has 0 radical (unpaired) electrons. The van der Waals surface area contributed by atoms with Gasteiger partial charge in [-0.15, -0.1) is 0 Å². The van der Waals surface area contributed by atoms with Gasteiger partial charge in [0.25, 0.3) is 5.69 Å². The minimum Gasteiger partial charge on any atom is -0.379 e. The topological polar surface area (TPSA) is 59.2 Å². The molecule has 122 valence electrons. The SMILES string of the molecule is [C-]#[N+]c1c(NC2CC2)n(CCCOC(C)C)c2c(=S)nc[nH]c12. The first-order valence-corrected chi connectivity index (χ1v) is 8.38. The number of aromatic nitrogens is 3. The molecule has 1 aliphatic carbocycles. The zero-order valence-electron chi connectivity index (χ0n) is 13.4.